The van der Waals surface area contributed by atoms with Crippen LogP contribution in [-0.4, -0.2) is 39.4 Å². The molecule has 0 bridgehead atoms. The van der Waals surface area contributed by atoms with Crippen molar-refractivity contribution >= 4 is 0 Å². The van der Waals surface area contributed by atoms with E-state index in [1.807, 2.05) is 0 Å². The fraction of sp³-hybridized carbons (Fsp3) is 0.529. The Morgan fingerprint density at radius 2 is 2.08 bits per heavy atom. The summed E-state index contributed by atoms with van der Waals surface area (Å²) in [5.74, 6) is 0.845. The topological polar surface area (TPSA) is 43.2 Å². The number of rotatable bonds is 3. The van der Waals surface area contributed by atoms with Gasteiger partial charge in [0.05, 0.1) is 0 Å². The number of ether oxygens (including phenoxy) is 1. The Hall–Kier alpha value is -1.86. The molecule has 24 heavy (non-hydrogen) atoms. The van der Waals surface area contributed by atoms with Crippen LogP contribution in [0.1, 0.15) is 36.2 Å². The number of fused-ring (bicyclic) bond motifs is 1. The van der Waals surface area contributed by atoms with Gasteiger partial charge in [0.25, 0.3) is 0 Å². The standard InChI is InChI=1S/C17H20F2N4O/c18-13-4-3-12(14(19)10-13)11-22-6-5-16-20-21-17(23(16)8-7-22)15-2-1-9-24-15/h3-4,10,15H,1-2,5-9,11H2. The second kappa shape index (κ2) is 6.57. The molecule has 0 aliphatic carbocycles. The van der Waals surface area contributed by atoms with Gasteiger partial charge in [0, 0.05) is 50.8 Å². The number of hydrogen-bond donors (Lipinski definition) is 0. The van der Waals surface area contributed by atoms with Gasteiger partial charge in [-0.05, 0) is 18.9 Å². The first kappa shape index (κ1) is 15.7. The predicted octanol–water partition coefficient (Wildman–Crippen LogP) is 2.47. The van der Waals surface area contributed by atoms with Gasteiger partial charge in [0.15, 0.2) is 5.82 Å². The smallest absolute Gasteiger partial charge is 0.162 e. The summed E-state index contributed by atoms with van der Waals surface area (Å²) in [4.78, 5) is 2.17. The average molecular weight is 334 g/mol. The quantitative estimate of drug-likeness (QED) is 0.865. The second-order valence-electron chi connectivity index (χ2n) is 6.39. The lowest BCUT2D eigenvalue weighted by Gasteiger charge is -2.20. The number of aromatic nitrogens is 3. The Morgan fingerprint density at radius 1 is 1.17 bits per heavy atom. The molecule has 1 unspecified atom stereocenters. The van der Waals surface area contributed by atoms with E-state index in [4.69, 9.17) is 4.74 Å². The third kappa shape index (κ3) is 3.06. The average Bonchev–Trinajstić information content (AvgIpc) is 3.17. The molecular formula is C17H20F2N4O. The van der Waals surface area contributed by atoms with E-state index in [0.717, 1.165) is 63.2 Å². The molecule has 2 aromatic rings. The monoisotopic (exact) mass is 334 g/mol. The van der Waals surface area contributed by atoms with E-state index >= 15 is 0 Å². The van der Waals surface area contributed by atoms with E-state index in [-0.39, 0.29) is 6.10 Å². The number of halogens is 2. The number of benzene rings is 1. The van der Waals surface area contributed by atoms with Gasteiger partial charge in [0.1, 0.15) is 23.6 Å². The van der Waals surface area contributed by atoms with Crippen LogP contribution in [0.3, 0.4) is 0 Å². The number of nitrogens with zero attached hydrogens (tertiary/aromatic N) is 4. The first-order valence-corrected chi connectivity index (χ1v) is 8.40. The molecule has 4 rings (SSSR count). The lowest BCUT2D eigenvalue weighted by atomic mass is 10.2. The maximum absolute atomic E-state index is 13.9. The summed E-state index contributed by atoms with van der Waals surface area (Å²) in [5, 5.41) is 8.64. The Morgan fingerprint density at radius 3 is 2.88 bits per heavy atom. The summed E-state index contributed by atoms with van der Waals surface area (Å²) in [6.07, 6.45) is 2.86. The van der Waals surface area contributed by atoms with Gasteiger partial charge in [0.2, 0.25) is 0 Å². The Kier molecular flexibility index (Phi) is 4.28. The zero-order chi connectivity index (χ0) is 16.5. The maximum atomic E-state index is 13.9. The lowest BCUT2D eigenvalue weighted by molar-refractivity contribution is 0.101. The molecule has 0 radical (unpaired) electrons. The molecule has 128 valence electrons. The molecule has 1 aromatic carbocycles. The van der Waals surface area contributed by atoms with Gasteiger partial charge >= 0.3 is 0 Å². The SMILES string of the molecule is Fc1ccc(CN2CCc3nnc(C4CCCO4)n3CC2)c(F)c1. The van der Waals surface area contributed by atoms with Crippen molar-refractivity contribution in [1.82, 2.24) is 19.7 Å². The van der Waals surface area contributed by atoms with Crippen molar-refractivity contribution in [2.45, 2.75) is 38.5 Å². The van der Waals surface area contributed by atoms with Crippen molar-refractivity contribution < 1.29 is 13.5 Å². The van der Waals surface area contributed by atoms with Crippen LogP contribution in [0.4, 0.5) is 8.78 Å². The van der Waals surface area contributed by atoms with Crippen LogP contribution in [0.5, 0.6) is 0 Å². The summed E-state index contributed by atoms with van der Waals surface area (Å²) in [5.41, 5.74) is 0.522. The van der Waals surface area contributed by atoms with Crippen LogP contribution in [0.2, 0.25) is 0 Å². The lowest BCUT2D eigenvalue weighted by Crippen LogP contribution is -2.27. The van der Waals surface area contributed by atoms with E-state index in [1.165, 1.54) is 12.1 Å². The minimum absolute atomic E-state index is 0.0485. The second-order valence-corrected chi connectivity index (χ2v) is 6.39. The molecule has 1 saturated heterocycles. The van der Waals surface area contributed by atoms with Gasteiger partial charge < -0.3 is 9.30 Å². The largest absolute Gasteiger partial charge is 0.370 e. The van der Waals surface area contributed by atoms with E-state index in [2.05, 4.69) is 19.7 Å². The molecule has 1 fully saturated rings. The maximum Gasteiger partial charge on any atom is 0.162 e. The van der Waals surface area contributed by atoms with E-state index in [1.54, 1.807) is 0 Å². The van der Waals surface area contributed by atoms with Crippen LogP contribution < -0.4 is 0 Å². The van der Waals surface area contributed by atoms with Crippen molar-refractivity contribution in [3.8, 4) is 0 Å². The molecule has 0 spiro atoms. The number of hydrogen-bond acceptors (Lipinski definition) is 4. The van der Waals surface area contributed by atoms with E-state index in [0.29, 0.717) is 12.1 Å². The van der Waals surface area contributed by atoms with Crippen LogP contribution in [-0.2, 0) is 24.2 Å². The first-order valence-electron chi connectivity index (χ1n) is 8.40. The van der Waals surface area contributed by atoms with Crippen LogP contribution in [0, 0.1) is 11.6 Å². The van der Waals surface area contributed by atoms with Crippen molar-refractivity contribution in [3.05, 3.63) is 47.0 Å². The van der Waals surface area contributed by atoms with Gasteiger partial charge in [-0.2, -0.15) is 0 Å². The minimum Gasteiger partial charge on any atom is -0.370 e. The zero-order valence-corrected chi connectivity index (χ0v) is 13.4. The van der Waals surface area contributed by atoms with Crippen molar-refractivity contribution in [2.24, 2.45) is 0 Å². The van der Waals surface area contributed by atoms with Crippen molar-refractivity contribution in [1.29, 1.82) is 0 Å². The predicted molar refractivity (Wildman–Crippen MR) is 83.3 cm³/mol. The highest BCUT2D eigenvalue weighted by molar-refractivity contribution is 5.18. The van der Waals surface area contributed by atoms with Gasteiger partial charge in [-0.1, -0.05) is 6.07 Å². The zero-order valence-electron chi connectivity index (χ0n) is 13.4. The summed E-state index contributed by atoms with van der Waals surface area (Å²) >= 11 is 0. The minimum atomic E-state index is -0.542. The Labute approximate surface area is 139 Å². The Balaban J connectivity index is 1.47. The Bertz CT molecular complexity index is 727. The van der Waals surface area contributed by atoms with Gasteiger partial charge in [-0.3, -0.25) is 4.90 Å². The molecule has 0 N–H and O–H groups in total. The third-order valence-electron chi connectivity index (χ3n) is 4.77. The molecular weight excluding hydrogens is 314 g/mol. The van der Waals surface area contributed by atoms with Crippen molar-refractivity contribution in [2.75, 3.05) is 19.7 Å². The highest BCUT2D eigenvalue weighted by Crippen LogP contribution is 2.28. The molecule has 5 nitrogen and oxygen atoms in total. The fourth-order valence-corrected chi connectivity index (χ4v) is 3.46. The molecule has 1 aromatic heterocycles. The van der Waals surface area contributed by atoms with Gasteiger partial charge in [-0.15, -0.1) is 10.2 Å². The van der Waals surface area contributed by atoms with E-state index in [9.17, 15) is 8.78 Å². The summed E-state index contributed by atoms with van der Waals surface area (Å²) in [6, 6.07) is 3.77. The molecule has 3 heterocycles. The van der Waals surface area contributed by atoms with Crippen molar-refractivity contribution in [3.63, 3.8) is 0 Å². The fourth-order valence-electron chi connectivity index (χ4n) is 3.46. The van der Waals surface area contributed by atoms with Crippen LogP contribution in [0.25, 0.3) is 0 Å². The third-order valence-corrected chi connectivity index (χ3v) is 4.77. The van der Waals surface area contributed by atoms with Crippen LogP contribution >= 0.6 is 0 Å². The molecule has 0 amide bonds. The molecule has 2 aliphatic heterocycles. The highest BCUT2D eigenvalue weighted by atomic mass is 19.1. The molecule has 2 aliphatic rings. The van der Waals surface area contributed by atoms with Crippen LogP contribution in [0.15, 0.2) is 18.2 Å². The molecule has 0 saturated carbocycles. The van der Waals surface area contributed by atoms with E-state index < -0.39 is 11.6 Å². The molecule has 7 heteroatoms. The summed E-state index contributed by atoms with van der Waals surface area (Å²) in [7, 11) is 0. The normalized spacial score (nSPS) is 21.7. The first-order chi connectivity index (χ1) is 11.7. The molecule has 1 atom stereocenters. The highest BCUT2D eigenvalue weighted by Gasteiger charge is 2.27. The summed E-state index contributed by atoms with van der Waals surface area (Å²) < 4.78 is 34.8. The summed E-state index contributed by atoms with van der Waals surface area (Å²) in [6.45, 7) is 3.57. The van der Waals surface area contributed by atoms with Gasteiger partial charge in [-0.25, -0.2) is 8.78 Å².